The van der Waals surface area contributed by atoms with Crippen LogP contribution in [0.5, 0.6) is 0 Å². The summed E-state index contributed by atoms with van der Waals surface area (Å²) in [5.41, 5.74) is 2.17. The summed E-state index contributed by atoms with van der Waals surface area (Å²) in [6.45, 7) is 4.07. The van der Waals surface area contributed by atoms with Gasteiger partial charge in [-0.05, 0) is 28.5 Å². The maximum Gasteiger partial charge on any atom is 0.307 e. The van der Waals surface area contributed by atoms with Crippen LogP contribution in [0.1, 0.15) is 25.3 Å². The van der Waals surface area contributed by atoms with Crippen molar-refractivity contribution < 1.29 is 9.90 Å². The van der Waals surface area contributed by atoms with Gasteiger partial charge in [0.15, 0.2) is 0 Å². The van der Waals surface area contributed by atoms with Crippen molar-refractivity contribution in [2.24, 2.45) is 18.4 Å². The van der Waals surface area contributed by atoms with E-state index in [1.54, 1.807) is 0 Å². The Balaban J connectivity index is 2.06. The predicted molar refractivity (Wildman–Crippen MR) is 70.6 cm³/mol. The molecule has 1 aromatic heterocycles. The number of carbonyl (C=O) groups is 1. The molecule has 1 heterocycles. The summed E-state index contributed by atoms with van der Waals surface area (Å²) in [6, 6.07) is 8.35. The fourth-order valence-electron chi connectivity index (χ4n) is 3.19. The lowest BCUT2D eigenvalue weighted by Crippen LogP contribution is -2.03. The van der Waals surface area contributed by atoms with Crippen LogP contribution in [-0.4, -0.2) is 15.6 Å². The lowest BCUT2D eigenvalue weighted by molar-refractivity contribution is -0.139. The minimum Gasteiger partial charge on any atom is -0.481 e. The van der Waals surface area contributed by atoms with E-state index in [9.17, 15) is 9.90 Å². The van der Waals surface area contributed by atoms with Crippen LogP contribution < -0.4 is 0 Å². The van der Waals surface area contributed by atoms with E-state index >= 15 is 0 Å². The van der Waals surface area contributed by atoms with E-state index in [1.807, 2.05) is 27.1 Å². The zero-order chi connectivity index (χ0) is 13.1. The molecule has 1 aliphatic carbocycles. The minimum atomic E-state index is -0.683. The summed E-state index contributed by atoms with van der Waals surface area (Å²) < 4.78 is 2.07. The van der Waals surface area contributed by atoms with E-state index in [-0.39, 0.29) is 17.3 Å². The maximum absolute atomic E-state index is 11.2. The van der Waals surface area contributed by atoms with Crippen molar-refractivity contribution in [3.63, 3.8) is 0 Å². The van der Waals surface area contributed by atoms with Gasteiger partial charge in [0.2, 0.25) is 0 Å². The lowest BCUT2D eigenvalue weighted by Gasteiger charge is -2.04. The third kappa shape index (κ3) is 1.40. The van der Waals surface area contributed by atoms with Gasteiger partial charge in [0.1, 0.15) is 0 Å². The maximum atomic E-state index is 11.2. The molecule has 0 unspecified atom stereocenters. The monoisotopic (exact) mass is 243 g/mol. The van der Waals surface area contributed by atoms with Crippen LogP contribution in [0.2, 0.25) is 0 Å². The molecule has 0 amide bonds. The third-order valence-electron chi connectivity index (χ3n) is 4.36. The van der Waals surface area contributed by atoms with E-state index < -0.39 is 5.97 Å². The van der Waals surface area contributed by atoms with E-state index in [4.69, 9.17) is 0 Å². The van der Waals surface area contributed by atoms with Gasteiger partial charge in [-0.3, -0.25) is 4.79 Å². The van der Waals surface area contributed by atoms with Crippen molar-refractivity contribution in [3.05, 3.63) is 36.0 Å². The largest absolute Gasteiger partial charge is 0.481 e. The number of benzene rings is 1. The minimum absolute atomic E-state index is 0.134. The molecule has 0 aliphatic heterocycles. The van der Waals surface area contributed by atoms with Gasteiger partial charge in [0.25, 0.3) is 0 Å². The number of aryl methyl sites for hydroxylation is 1. The Morgan fingerprint density at radius 3 is 2.67 bits per heavy atom. The highest BCUT2D eigenvalue weighted by Gasteiger charge is 2.62. The topological polar surface area (TPSA) is 42.2 Å². The second-order valence-electron chi connectivity index (χ2n) is 5.86. The van der Waals surface area contributed by atoms with Crippen molar-refractivity contribution in [3.8, 4) is 0 Å². The zero-order valence-corrected chi connectivity index (χ0v) is 10.8. The number of nitrogens with zero attached hydrogens (tertiary/aromatic N) is 1. The highest BCUT2D eigenvalue weighted by molar-refractivity contribution is 5.83. The normalized spacial score (nSPS) is 25.3. The molecule has 1 N–H and O–H groups in total. The predicted octanol–water partition coefficient (Wildman–Crippen LogP) is 3.00. The number of fused-ring (bicyclic) bond motifs is 1. The lowest BCUT2D eigenvalue weighted by atomic mass is 10.0. The fourth-order valence-corrected chi connectivity index (χ4v) is 3.19. The van der Waals surface area contributed by atoms with Crippen LogP contribution in [0.15, 0.2) is 30.5 Å². The Morgan fingerprint density at radius 1 is 1.33 bits per heavy atom. The first-order valence-electron chi connectivity index (χ1n) is 6.20. The van der Waals surface area contributed by atoms with Crippen LogP contribution in [0.25, 0.3) is 10.9 Å². The highest BCUT2D eigenvalue weighted by Crippen LogP contribution is 2.64. The number of carboxylic acids is 1. The standard InChI is InChI=1S/C15H17NO2/c1-15(2)12(13(15)14(17)18)10-5-4-9-6-7-16(3)11(9)8-10/h4-8,12-13H,1-3H3,(H,17,18)/t12-,13+/m1/s1. The first kappa shape index (κ1) is 11.3. The molecule has 1 aliphatic rings. The summed E-state index contributed by atoms with van der Waals surface area (Å²) in [5.74, 6) is -0.804. The Hall–Kier alpha value is -1.77. The number of aliphatic carboxylic acids is 1. The van der Waals surface area contributed by atoms with Crippen LogP contribution in [0.4, 0.5) is 0 Å². The molecule has 0 radical (unpaired) electrons. The van der Waals surface area contributed by atoms with Gasteiger partial charge >= 0.3 is 5.97 Å². The number of hydrogen-bond donors (Lipinski definition) is 1. The van der Waals surface area contributed by atoms with E-state index in [0.717, 1.165) is 5.56 Å². The summed E-state index contributed by atoms with van der Waals surface area (Å²) in [4.78, 5) is 11.2. The van der Waals surface area contributed by atoms with Gasteiger partial charge < -0.3 is 9.67 Å². The molecule has 18 heavy (non-hydrogen) atoms. The Morgan fingerprint density at radius 2 is 2.06 bits per heavy atom. The summed E-state index contributed by atoms with van der Waals surface area (Å²) >= 11 is 0. The Kier molecular flexibility index (Phi) is 2.12. The van der Waals surface area contributed by atoms with Crippen LogP contribution in [0.3, 0.4) is 0 Å². The van der Waals surface area contributed by atoms with Gasteiger partial charge in [-0.25, -0.2) is 0 Å². The first-order valence-corrected chi connectivity index (χ1v) is 6.20. The molecule has 0 saturated heterocycles. The molecule has 0 spiro atoms. The molecule has 3 rings (SSSR count). The van der Waals surface area contributed by atoms with Gasteiger partial charge in [0.05, 0.1) is 5.92 Å². The number of aromatic nitrogens is 1. The van der Waals surface area contributed by atoms with Crippen molar-refractivity contribution in [2.45, 2.75) is 19.8 Å². The molecular weight excluding hydrogens is 226 g/mol. The van der Waals surface area contributed by atoms with Gasteiger partial charge in [-0.1, -0.05) is 26.0 Å². The quantitative estimate of drug-likeness (QED) is 0.881. The molecule has 1 aromatic carbocycles. The smallest absolute Gasteiger partial charge is 0.307 e. The molecule has 94 valence electrons. The second-order valence-corrected chi connectivity index (χ2v) is 5.86. The van der Waals surface area contributed by atoms with Crippen molar-refractivity contribution in [1.29, 1.82) is 0 Å². The van der Waals surface area contributed by atoms with Crippen molar-refractivity contribution in [2.75, 3.05) is 0 Å². The summed E-state index contributed by atoms with van der Waals surface area (Å²) in [6.07, 6.45) is 2.03. The first-order chi connectivity index (χ1) is 8.43. The summed E-state index contributed by atoms with van der Waals surface area (Å²) in [7, 11) is 2.01. The van der Waals surface area contributed by atoms with E-state index in [2.05, 4.69) is 28.8 Å². The van der Waals surface area contributed by atoms with Crippen LogP contribution in [-0.2, 0) is 11.8 Å². The Labute approximate surface area is 106 Å². The van der Waals surface area contributed by atoms with Gasteiger partial charge in [0, 0.05) is 24.7 Å². The van der Waals surface area contributed by atoms with Crippen LogP contribution >= 0.6 is 0 Å². The fraction of sp³-hybridized carbons (Fsp3) is 0.400. The Bertz CT molecular complexity index is 639. The molecule has 3 heteroatoms. The van der Waals surface area contributed by atoms with Crippen molar-refractivity contribution in [1.82, 2.24) is 4.57 Å². The SMILES string of the molecule is Cn1ccc2ccc([C@@H]3[C@@H](C(=O)O)C3(C)C)cc21. The van der Waals surface area contributed by atoms with Crippen molar-refractivity contribution >= 4 is 16.9 Å². The molecule has 1 fully saturated rings. The number of rotatable bonds is 2. The average Bonchev–Trinajstić information content (AvgIpc) is 2.70. The molecule has 0 bridgehead atoms. The average molecular weight is 243 g/mol. The second kappa shape index (κ2) is 3.37. The number of hydrogen-bond acceptors (Lipinski definition) is 1. The highest BCUT2D eigenvalue weighted by atomic mass is 16.4. The van der Waals surface area contributed by atoms with Crippen LogP contribution in [0, 0.1) is 11.3 Å². The number of carboxylic acid groups (broad SMARTS) is 1. The van der Waals surface area contributed by atoms with Gasteiger partial charge in [-0.2, -0.15) is 0 Å². The molecule has 3 nitrogen and oxygen atoms in total. The zero-order valence-electron chi connectivity index (χ0n) is 10.8. The molecular formula is C15H17NO2. The summed E-state index contributed by atoms with van der Waals surface area (Å²) in [5, 5.41) is 10.4. The molecule has 2 atom stereocenters. The van der Waals surface area contributed by atoms with E-state index in [0.29, 0.717) is 0 Å². The third-order valence-corrected chi connectivity index (χ3v) is 4.36. The van der Waals surface area contributed by atoms with Gasteiger partial charge in [-0.15, -0.1) is 0 Å². The molecule has 2 aromatic rings. The van der Waals surface area contributed by atoms with E-state index in [1.165, 1.54) is 10.9 Å². The molecule has 1 saturated carbocycles.